The molecule has 0 radical (unpaired) electrons. The predicted molar refractivity (Wildman–Crippen MR) is 92.9 cm³/mol. The average Bonchev–Trinajstić information content (AvgIpc) is 2.63. The van der Waals surface area contributed by atoms with Crippen LogP contribution in [0.3, 0.4) is 0 Å². The summed E-state index contributed by atoms with van der Waals surface area (Å²) in [6.07, 6.45) is 0. The third kappa shape index (κ3) is 5.04. The number of hydrazone groups is 1. The molecule has 2 aromatic rings. The highest BCUT2D eigenvalue weighted by molar-refractivity contribution is 6.43. The van der Waals surface area contributed by atoms with Crippen LogP contribution in [0.5, 0.6) is 11.5 Å². The number of carbonyl (C=O) groups is 1. The Morgan fingerprint density at radius 2 is 2.00 bits per heavy atom. The Kier molecular flexibility index (Phi) is 6.23. The van der Waals surface area contributed by atoms with Crippen molar-refractivity contribution < 1.29 is 19.2 Å². The summed E-state index contributed by atoms with van der Waals surface area (Å²) in [5, 5.41) is 23.7. The van der Waals surface area contributed by atoms with Gasteiger partial charge in [0.05, 0.1) is 23.3 Å². The number of esters is 1. The van der Waals surface area contributed by atoms with Gasteiger partial charge in [-0.2, -0.15) is 10.4 Å². The second-order valence-electron chi connectivity index (χ2n) is 4.79. The van der Waals surface area contributed by atoms with Crippen LogP contribution in [0.4, 0.5) is 11.4 Å². The molecule has 0 aliphatic rings. The summed E-state index contributed by atoms with van der Waals surface area (Å²) in [6.45, 7) is 1.68. The number of ether oxygens (including phenoxy) is 2. The van der Waals surface area contributed by atoms with Gasteiger partial charge in [-0.3, -0.25) is 15.5 Å². The zero-order valence-corrected chi connectivity index (χ0v) is 13.7. The molecule has 9 heteroatoms. The van der Waals surface area contributed by atoms with E-state index in [1.165, 1.54) is 18.2 Å². The Hall–Kier alpha value is -3.93. The Morgan fingerprint density at radius 1 is 1.27 bits per heavy atom. The first-order chi connectivity index (χ1) is 12.5. The molecule has 2 rings (SSSR count). The molecule has 0 saturated heterocycles. The summed E-state index contributed by atoms with van der Waals surface area (Å²) < 4.78 is 10.3. The van der Waals surface area contributed by atoms with Crippen LogP contribution >= 0.6 is 0 Å². The van der Waals surface area contributed by atoms with Gasteiger partial charge in [0.15, 0.2) is 0 Å². The van der Waals surface area contributed by atoms with Crippen molar-refractivity contribution in [3.8, 4) is 17.6 Å². The summed E-state index contributed by atoms with van der Waals surface area (Å²) in [5.74, 6) is -0.210. The van der Waals surface area contributed by atoms with Gasteiger partial charge in [-0.1, -0.05) is 18.2 Å². The van der Waals surface area contributed by atoms with Crippen LogP contribution in [0.2, 0.25) is 0 Å². The molecular formula is C17H14N4O5. The largest absolute Gasteiger partial charge is 0.461 e. The summed E-state index contributed by atoms with van der Waals surface area (Å²) in [4.78, 5) is 22.0. The number of carbonyl (C=O) groups excluding carboxylic acids is 1. The van der Waals surface area contributed by atoms with E-state index in [2.05, 4.69) is 15.3 Å². The van der Waals surface area contributed by atoms with Gasteiger partial charge < -0.3 is 9.47 Å². The predicted octanol–water partition coefficient (Wildman–Crippen LogP) is 3.24. The normalized spacial score (nSPS) is 10.5. The fourth-order valence-electron chi connectivity index (χ4n) is 1.87. The van der Waals surface area contributed by atoms with Gasteiger partial charge in [-0.25, -0.2) is 4.79 Å². The number of rotatable bonds is 7. The van der Waals surface area contributed by atoms with Gasteiger partial charge in [-0.15, -0.1) is 0 Å². The van der Waals surface area contributed by atoms with Crippen molar-refractivity contribution in [2.75, 3.05) is 12.0 Å². The molecule has 1 N–H and O–H groups in total. The number of hydrogen-bond acceptors (Lipinski definition) is 8. The third-order valence-corrected chi connectivity index (χ3v) is 2.95. The van der Waals surface area contributed by atoms with Crippen LogP contribution < -0.4 is 10.2 Å². The monoisotopic (exact) mass is 354 g/mol. The Morgan fingerprint density at radius 3 is 2.62 bits per heavy atom. The van der Waals surface area contributed by atoms with E-state index in [-0.39, 0.29) is 23.7 Å². The van der Waals surface area contributed by atoms with Crippen molar-refractivity contribution in [1.29, 1.82) is 5.26 Å². The number of benzene rings is 2. The standard InChI is InChI=1S/C17H14N4O5/c1-2-25-17(22)16(11-18)20-19-12-8-13(21(23)24)10-15(9-12)26-14-6-4-3-5-7-14/h3-10,19H,2H2,1H3/b20-16+. The van der Waals surface area contributed by atoms with Crippen molar-refractivity contribution in [1.82, 2.24) is 0 Å². The van der Waals surface area contributed by atoms with E-state index in [9.17, 15) is 14.9 Å². The highest BCUT2D eigenvalue weighted by Gasteiger charge is 2.14. The highest BCUT2D eigenvalue weighted by Crippen LogP contribution is 2.29. The molecule has 0 aliphatic carbocycles. The maximum atomic E-state index is 11.5. The summed E-state index contributed by atoms with van der Waals surface area (Å²) in [5.41, 5.74) is 1.85. The highest BCUT2D eigenvalue weighted by atomic mass is 16.6. The van der Waals surface area contributed by atoms with Crippen LogP contribution in [0.15, 0.2) is 53.6 Å². The van der Waals surface area contributed by atoms with Crippen LogP contribution in [0, 0.1) is 21.4 Å². The topological polar surface area (TPSA) is 127 Å². The molecule has 0 saturated carbocycles. The first-order valence-electron chi connectivity index (χ1n) is 7.46. The number of non-ortho nitro benzene ring substituents is 1. The lowest BCUT2D eigenvalue weighted by molar-refractivity contribution is -0.384. The molecule has 0 aromatic heterocycles. The second-order valence-corrected chi connectivity index (χ2v) is 4.79. The molecule has 2 aromatic carbocycles. The fourth-order valence-corrected chi connectivity index (χ4v) is 1.87. The number of nitrogens with one attached hydrogen (secondary N) is 1. The molecule has 132 valence electrons. The first-order valence-corrected chi connectivity index (χ1v) is 7.46. The quantitative estimate of drug-likeness (QED) is 0.350. The summed E-state index contributed by atoms with van der Waals surface area (Å²) >= 11 is 0. The number of nitriles is 1. The van der Waals surface area contributed by atoms with Crippen molar-refractivity contribution >= 4 is 23.1 Å². The van der Waals surface area contributed by atoms with Crippen LogP contribution in [0.25, 0.3) is 0 Å². The lowest BCUT2D eigenvalue weighted by Gasteiger charge is -2.08. The molecule has 0 amide bonds. The third-order valence-electron chi connectivity index (χ3n) is 2.95. The van der Waals surface area contributed by atoms with Crippen molar-refractivity contribution in [3.05, 3.63) is 58.6 Å². The fraction of sp³-hybridized carbons (Fsp3) is 0.118. The van der Waals surface area contributed by atoms with Crippen molar-refractivity contribution in [2.45, 2.75) is 6.92 Å². The lowest BCUT2D eigenvalue weighted by Crippen LogP contribution is -2.17. The van der Waals surface area contributed by atoms with Gasteiger partial charge in [0.25, 0.3) is 5.69 Å². The lowest BCUT2D eigenvalue weighted by atomic mass is 10.2. The summed E-state index contributed by atoms with van der Waals surface area (Å²) in [6, 6.07) is 14.2. The smallest absolute Gasteiger partial charge is 0.369 e. The molecule has 0 spiro atoms. The van der Waals surface area contributed by atoms with Crippen molar-refractivity contribution in [2.24, 2.45) is 5.10 Å². The van der Waals surface area contributed by atoms with Gasteiger partial charge in [-0.05, 0) is 19.1 Å². The molecular weight excluding hydrogens is 340 g/mol. The van der Waals surface area contributed by atoms with E-state index in [4.69, 9.17) is 10.00 Å². The number of anilines is 1. The molecule has 0 bridgehead atoms. The molecule has 0 aliphatic heterocycles. The second kappa shape index (κ2) is 8.79. The minimum absolute atomic E-state index is 0.0887. The van der Waals surface area contributed by atoms with E-state index in [0.29, 0.717) is 5.75 Å². The van der Waals surface area contributed by atoms with Crippen molar-refractivity contribution in [3.63, 3.8) is 0 Å². The summed E-state index contributed by atoms with van der Waals surface area (Å²) in [7, 11) is 0. The van der Waals surface area contributed by atoms with E-state index >= 15 is 0 Å². The van der Waals surface area contributed by atoms with Crippen LogP contribution in [0.1, 0.15) is 6.92 Å². The average molecular weight is 354 g/mol. The molecule has 0 heterocycles. The van der Waals surface area contributed by atoms with Crippen LogP contribution in [-0.4, -0.2) is 23.2 Å². The van der Waals surface area contributed by atoms with Gasteiger partial charge >= 0.3 is 5.97 Å². The zero-order chi connectivity index (χ0) is 18.9. The maximum Gasteiger partial charge on any atom is 0.369 e. The van der Waals surface area contributed by atoms with E-state index in [1.54, 1.807) is 43.3 Å². The number of hydrogen-bond donors (Lipinski definition) is 1. The number of nitro benzene ring substituents is 1. The molecule has 26 heavy (non-hydrogen) atoms. The number of nitro groups is 1. The van der Waals surface area contributed by atoms with Gasteiger partial charge in [0, 0.05) is 12.1 Å². The molecule has 0 atom stereocenters. The van der Waals surface area contributed by atoms with E-state index < -0.39 is 16.6 Å². The zero-order valence-electron chi connectivity index (χ0n) is 13.7. The minimum atomic E-state index is -0.895. The van der Waals surface area contributed by atoms with E-state index in [1.807, 2.05) is 0 Å². The van der Waals surface area contributed by atoms with E-state index in [0.717, 1.165) is 0 Å². The van der Waals surface area contributed by atoms with Crippen LogP contribution in [-0.2, 0) is 9.53 Å². The molecule has 9 nitrogen and oxygen atoms in total. The molecule has 0 unspecified atom stereocenters. The number of para-hydroxylation sites is 1. The Balaban J connectivity index is 2.28. The minimum Gasteiger partial charge on any atom is -0.461 e. The van der Waals surface area contributed by atoms with Gasteiger partial charge in [0.2, 0.25) is 5.71 Å². The SMILES string of the molecule is CCOC(=O)/C(C#N)=N/Nc1cc(Oc2ccccc2)cc([N+](=O)[O-])c1. The maximum absolute atomic E-state index is 11.5. The molecule has 0 fully saturated rings. The Labute approximate surface area is 148 Å². The first kappa shape index (κ1) is 18.4. The van der Waals surface area contributed by atoms with Gasteiger partial charge in [0.1, 0.15) is 17.6 Å². The Bertz CT molecular complexity index is 874. The number of nitrogens with zero attached hydrogens (tertiary/aromatic N) is 3.